The zero-order chi connectivity index (χ0) is 14.4. The number of rotatable bonds is 5. The molecule has 0 saturated heterocycles. The fraction of sp³-hybridized carbons (Fsp3) is 0.111. The molecule has 0 aliphatic heterocycles. The van der Waals surface area contributed by atoms with Gasteiger partial charge in [0.15, 0.2) is 0 Å². The predicted molar refractivity (Wildman–Crippen MR) is 85.6 cm³/mol. The molecule has 0 spiro atoms. The maximum absolute atomic E-state index is 10.8. The Hall–Kier alpha value is -1.83. The van der Waals surface area contributed by atoms with Crippen LogP contribution >= 0.6 is 11.6 Å². The highest BCUT2D eigenvalue weighted by atomic mass is 35.5. The van der Waals surface area contributed by atoms with E-state index < -0.39 is 5.60 Å². The summed E-state index contributed by atoms with van der Waals surface area (Å²) >= 11 is 5.86. The van der Waals surface area contributed by atoms with E-state index in [2.05, 4.69) is 6.58 Å². The third-order valence-electron chi connectivity index (χ3n) is 3.15. The van der Waals surface area contributed by atoms with Crippen molar-refractivity contribution in [1.29, 1.82) is 0 Å². The van der Waals surface area contributed by atoms with Crippen LogP contribution in [0.2, 0.25) is 5.02 Å². The second-order valence-electron chi connectivity index (χ2n) is 4.67. The Labute approximate surface area is 124 Å². The topological polar surface area (TPSA) is 20.2 Å². The Balaban J connectivity index is 2.29. The van der Waals surface area contributed by atoms with Gasteiger partial charge in [-0.15, -0.1) is 6.58 Å². The van der Waals surface area contributed by atoms with Gasteiger partial charge in [0.25, 0.3) is 0 Å². The Morgan fingerprint density at radius 3 is 2.30 bits per heavy atom. The van der Waals surface area contributed by atoms with Crippen LogP contribution in [0.3, 0.4) is 0 Å². The zero-order valence-electron chi connectivity index (χ0n) is 11.2. The molecule has 2 aromatic carbocycles. The van der Waals surface area contributed by atoms with Gasteiger partial charge in [0.2, 0.25) is 0 Å². The Bertz CT molecular complexity index is 587. The van der Waals surface area contributed by atoms with E-state index in [9.17, 15) is 5.11 Å². The minimum Gasteiger partial charge on any atom is -0.381 e. The molecule has 1 nitrogen and oxygen atoms in total. The summed E-state index contributed by atoms with van der Waals surface area (Å²) in [6.45, 7) is 3.73. The molecule has 1 unspecified atom stereocenters. The monoisotopic (exact) mass is 284 g/mol. The normalized spacial score (nSPS) is 14.1. The summed E-state index contributed by atoms with van der Waals surface area (Å²) in [7, 11) is 0. The fourth-order valence-corrected chi connectivity index (χ4v) is 2.16. The van der Waals surface area contributed by atoms with E-state index in [0.29, 0.717) is 11.4 Å². The first-order chi connectivity index (χ1) is 9.64. The van der Waals surface area contributed by atoms with Crippen LogP contribution in [0.5, 0.6) is 0 Å². The molecule has 0 amide bonds. The lowest BCUT2D eigenvalue weighted by atomic mass is 9.89. The molecular weight excluding hydrogens is 268 g/mol. The largest absolute Gasteiger partial charge is 0.381 e. The van der Waals surface area contributed by atoms with E-state index in [1.165, 1.54) is 0 Å². The van der Waals surface area contributed by atoms with Gasteiger partial charge >= 0.3 is 0 Å². The molecule has 1 N–H and O–H groups in total. The molecule has 0 heterocycles. The lowest BCUT2D eigenvalue weighted by molar-refractivity contribution is 0.0938. The van der Waals surface area contributed by atoms with Gasteiger partial charge in [-0.3, -0.25) is 0 Å². The molecule has 102 valence electrons. The van der Waals surface area contributed by atoms with Crippen molar-refractivity contribution in [1.82, 2.24) is 0 Å². The van der Waals surface area contributed by atoms with Crippen LogP contribution in [0.25, 0.3) is 6.08 Å². The third-order valence-corrected chi connectivity index (χ3v) is 3.40. The van der Waals surface area contributed by atoms with Gasteiger partial charge in [-0.25, -0.2) is 0 Å². The van der Waals surface area contributed by atoms with Crippen LogP contribution in [-0.4, -0.2) is 5.11 Å². The average molecular weight is 285 g/mol. The SMILES string of the molecule is C=CCC(O)(/C=C/c1ccc(Cl)cc1)c1ccccc1. The summed E-state index contributed by atoms with van der Waals surface area (Å²) in [5.41, 5.74) is 0.806. The Morgan fingerprint density at radius 1 is 1.05 bits per heavy atom. The smallest absolute Gasteiger partial charge is 0.111 e. The van der Waals surface area contributed by atoms with Crippen LogP contribution in [0.15, 0.2) is 73.3 Å². The van der Waals surface area contributed by atoms with Crippen molar-refractivity contribution in [3.63, 3.8) is 0 Å². The zero-order valence-corrected chi connectivity index (χ0v) is 11.9. The lowest BCUT2D eigenvalue weighted by Crippen LogP contribution is -2.21. The van der Waals surface area contributed by atoms with Crippen LogP contribution in [0.4, 0.5) is 0 Å². The van der Waals surface area contributed by atoms with Crippen molar-refractivity contribution in [2.75, 3.05) is 0 Å². The van der Waals surface area contributed by atoms with Crippen molar-refractivity contribution < 1.29 is 5.11 Å². The Kier molecular flexibility index (Phi) is 4.78. The second-order valence-corrected chi connectivity index (χ2v) is 5.10. The van der Waals surface area contributed by atoms with Gasteiger partial charge in [0, 0.05) is 11.4 Å². The molecule has 0 bridgehead atoms. The highest BCUT2D eigenvalue weighted by Crippen LogP contribution is 2.28. The summed E-state index contributed by atoms with van der Waals surface area (Å²) in [6, 6.07) is 17.1. The van der Waals surface area contributed by atoms with Gasteiger partial charge in [-0.1, -0.05) is 66.2 Å². The summed E-state index contributed by atoms with van der Waals surface area (Å²) < 4.78 is 0. The molecule has 2 heteroatoms. The van der Waals surface area contributed by atoms with E-state index in [1.807, 2.05) is 60.7 Å². The number of aliphatic hydroxyl groups is 1. The van der Waals surface area contributed by atoms with Crippen LogP contribution in [-0.2, 0) is 5.60 Å². The first kappa shape index (κ1) is 14.6. The molecule has 20 heavy (non-hydrogen) atoms. The van der Waals surface area contributed by atoms with Crippen molar-refractivity contribution in [3.8, 4) is 0 Å². The van der Waals surface area contributed by atoms with E-state index in [-0.39, 0.29) is 0 Å². The van der Waals surface area contributed by atoms with Crippen LogP contribution in [0, 0.1) is 0 Å². The highest BCUT2D eigenvalue weighted by Gasteiger charge is 2.23. The highest BCUT2D eigenvalue weighted by molar-refractivity contribution is 6.30. The molecular formula is C18H17ClO. The number of halogens is 1. The summed E-state index contributed by atoms with van der Waals surface area (Å²) in [4.78, 5) is 0. The number of benzene rings is 2. The second kappa shape index (κ2) is 6.56. The Morgan fingerprint density at radius 2 is 1.70 bits per heavy atom. The van der Waals surface area contributed by atoms with Gasteiger partial charge in [-0.05, 0) is 29.3 Å². The van der Waals surface area contributed by atoms with Gasteiger partial charge in [-0.2, -0.15) is 0 Å². The van der Waals surface area contributed by atoms with Gasteiger partial charge in [0.05, 0.1) is 0 Å². The van der Waals surface area contributed by atoms with E-state index in [4.69, 9.17) is 11.6 Å². The van der Waals surface area contributed by atoms with Crippen LogP contribution in [0.1, 0.15) is 17.5 Å². The lowest BCUT2D eigenvalue weighted by Gasteiger charge is -2.23. The minimum atomic E-state index is -1.04. The summed E-state index contributed by atoms with van der Waals surface area (Å²) in [5.74, 6) is 0. The maximum Gasteiger partial charge on any atom is 0.111 e. The van der Waals surface area contributed by atoms with Crippen molar-refractivity contribution >= 4 is 17.7 Å². The van der Waals surface area contributed by atoms with E-state index in [1.54, 1.807) is 12.2 Å². The molecule has 0 aliphatic carbocycles. The van der Waals surface area contributed by atoms with E-state index in [0.717, 1.165) is 11.1 Å². The predicted octanol–water partition coefficient (Wildman–Crippen LogP) is 4.82. The van der Waals surface area contributed by atoms with Crippen LogP contribution < -0.4 is 0 Å². The molecule has 1 atom stereocenters. The van der Waals surface area contributed by atoms with Crippen molar-refractivity contribution in [2.45, 2.75) is 12.0 Å². The standard InChI is InChI=1S/C18H17ClO/c1-2-13-18(20,16-6-4-3-5-7-16)14-12-15-8-10-17(19)11-9-15/h2-12,14,20H,1,13H2/b14-12+. The number of hydrogen-bond donors (Lipinski definition) is 1. The molecule has 0 aliphatic rings. The quantitative estimate of drug-likeness (QED) is 0.781. The fourth-order valence-electron chi connectivity index (χ4n) is 2.04. The van der Waals surface area contributed by atoms with Crippen molar-refractivity contribution in [2.24, 2.45) is 0 Å². The first-order valence-corrected chi connectivity index (χ1v) is 6.85. The summed E-state index contributed by atoms with van der Waals surface area (Å²) in [6.07, 6.45) is 5.88. The number of hydrogen-bond acceptors (Lipinski definition) is 1. The third kappa shape index (κ3) is 3.60. The minimum absolute atomic E-state index is 0.459. The summed E-state index contributed by atoms with van der Waals surface area (Å²) in [5, 5.41) is 11.5. The maximum atomic E-state index is 10.8. The molecule has 0 radical (unpaired) electrons. The molecule has 0 fully saturated rings. The molecule has 0 saturated carbocycles. The molecule has 2 aromatic rings. The van der Waals surface area contributed by atoms with E-state index >= 15 is 0 Å². The first-order valence-electron chi connectivity index (χ1n) is 6.48. The molecule has 0 aromatic heterocycles. The van der Waals surface area contributed by atoms with Crippen molar-refractivity contribution in [3.05, 3.63) is 89.5 Å². The van der Waals surface area contributed by atoms with Gasteiger partial charge < -0.3 is 5.11 Å². The van der Waals surface area contributed by atoms with Gasteiger partial charge in [0.1, 0.15) is 5.60 Å². The molecule has 2 rings (SSSR count). The average Bonchev–Trinajstić information content (AvgIpc) is 2.48.